The van der Waals surface area contributed by atoms with Gasteiger partial charge in [-0.25, -0.2) is 30.4 Å². The molecule has 0 spiro atoms. The van der Waals surface area contributed by atoms with Crippen molar-refractivity contribution in [2.75, 3.05) is 80.5 Å². The van der Waals surface area contributed by atoms with Crippen molar-refractivity contribution in [1.29, 1.82) is 0 Å². The minimum Gasteiger partial charge on any atom is -0.481 e. The lowest BCUT2D eigenvalue weighted by atomic mass is 9.89. The number of nitrogen functional groups attached to an aromatic ring is 1. The molecule has 4 atom stereocenters. The van der Waals surface area contributed by atoms with Crippen LogP contribution in [0.2, 0.25) is 0 Å². The maximum Gasteiger partial charge on any atom is 0.508 e. The first-order valence-corrected chi connectivity index (χ1v) is 36.6. The highest BCUT2D eigenvalue weighted by Crippen LogP contribution is 2.27. The van der Waals surface area contributed by atoms with Gasteiger partial charge in [0.25, 0.3) is 11.8 Å². The molecule has 42 heteroatoms. The Morgan fingerprint density at radius 1 is 0.608 bits per heavy atom. The number of primary amides is 1. The molecule has 0 unspecified atom stereocenters. The molecule has 0 radical (unpaired) electrons. The lowest BCUT2D eigenvalue weighted by Gasteiger charge is -2.26. The fraction of sp³-hybridized carbons (Fsp3) is 0.517. The van der Waals surface area contributed by atoms with Crippen molar-refractivity contribution in [3.05, 3.63) is 71.2 Å². The molecule has 0 bridgehead atoms. The summed E-state index contributed by atoms with van der Waals surface area (Å²) in [4.78, 5) is 204. The molecule has 2 aromatic heterocycles. The minimum absolute atomic E-state index is 0.00819. The molecule has 1 saturated carbocycles. The number of carbonyl (C=O) groups is 15. The average molecular weight is 1510 g/mol. The van der Waals surface area contributed by atoms with Crippen LogP contribution in [-0.4, -0.2) is 225 Å². The molecule has 0 saturated heterocycles. The number of nitrogens with two attached hydrogens (primary N) is 2. The van der Waals surface area contributed by atoms with Crippen LogP contribution in [0.15, 0.2) is 42.9 Å². The number of aromatic nitrogens is 4. The number of nitrogens with one attached hydrogen (secondary N) is 11. The Hall–Kier alpha value is -9.65. The second-order valence-corrected chi connectivity index (χ2v) is 27.4. The Bertz CT molecular complexity index is 3340. The predicted molar refractivity (Wildman–Crippen MR) is 370 cm³/mol. The molecule has 558 valence electrons. The summed E-state index contributed by atoms with van der Waals surface area (Å²) >= 11 is 0. The summed E-state index contributed by atoms with van der Waals surface area (Å²) in [5.74, 6) is -6.54. The molecule has 1 fully saturated rings. The third kappa shape index (κ3) is 35.1. The molecule has 0 aliphatic heterocycles. The number of hydrazine groups is 1. The van der Waals surface area contributed by atoms with Gasteiger partial charge in [-0.2, -0.15) is 0 Å². The maximum atomic E-state index is 13.7. The summed E-state index contributed by atoms with van der Waals surface area (Å²) in [7, 11) is 4.75. The van der Waals surface area contributed by atoms with Gasteiger partial charge in [-0.1, -0.05) is 50.1 Å². The van der Waals surface area contributed by atoms with Gasteiger partial charge in [0.15, 0.2) is 17.8 Å². The summed E-state index contributed by atoms with van der Waals surface area (Å²) in [6.07, 6.45) is 5.35. The van der Waals surface area contributed by atoms with Gasteiger partial charge in [-0.3, -0.25) is 67.3 Å². The minimum atomic E-state index is -1.68. The van der Waals surface area contributed by atoms with E-state index >= 15 is 0 Å². The second kappa shape index (κ2) is 47.5. The van der Waals surface area contributed by atoms with Crippen molar-refractivity contribution in [3.63, 3.8) is 0 Å². The van der Waals surface area contributed by atoms with E-state index < -0.39 is 159 Å². The quantitative estimate of drug-likeness (QED) is 0.00797. The largest absolute Gasteiger partial charge is 0.508 e. The first kappa shape index (κ1) is 84.8. The Balaban J connectivity index is 1.24. The molecule has 1 aliphatic carbocycles. The van der Waals surface area contributed by atoms with Crippen molar-refractivity contribution in [1.82, 2.24) is 67.8 Å². The number of aliphatic carboxylic acids is 3. The van der Waals surface area contributed by atoms with Crippen LogP contribution in [0.3, 0.4) is 0 Å². The van der Waals surface area contributed by atoms with Crippen LogP contribution >= 0.6 is 43.2 Å². The van der Waals surface area contributed by atoms with Gasteiger partial charge in [0.2, 0.25) is 47.3 Å². The van der Waals surface area contributed by atoms with Crippen LogP contribution < -0.4 is 70.2 Å². The Kier molecular flexibility index (Phi) is 39.4. The van der Waals surface area contributed by atoms with Gasteiger partial charge in [-0.15, -0.1) is 0 Å². The van der Waals surface area contributed by atoms with Crippen LogP contribution in [0.1, 0.15) is 120 Å². The first-order chi connectivity index (χ1) is 48.8. The number of aldehydes is 1. The third-order valence-electron chi connectivity index (χ3n) is 14.2. The van der Waals surface area contributed by atoms with E-state index in [-0.39, 0.29) is 98.3 Å². The molecule has 102 heavy (non-hydrogen) atoms. The van der Waals surface area contributed by atoms with Crippen LogP contribution in [0.25, 0.3) is 0 Å². The summed E-state index contributed by atoms with van der Waals surface area (Å²) in [6.45, 7) is -0.410. The summed E-state index contributed by atoms with van der Waals surface area (Å²) < 4.78 is 15.9. The van der Waals surface area contributed by atoms with Gasteiger partial charge in [0, 0.05) is 73.0 Å². The van der Waals surface area contributed by atoms with Crippen LogP contribution in [0.5, 0.6) is 0 Å². The number of hydrogen-bond donors (Lipinski definition) is 16. The lowest BCUT2D eigenvalue weighted by molar-refractivity contribution is -0.141. The predicted octanol–water partition coefficient (Wildman–Crippen LogP) is -1.09. The standard InChI is InChI=1S/C60H83N17O21S4/c1-34-4-10-40(11-5-34)96-18-19-97-60(95)98-20-22-100-99-21-16-46(80)67-27-43(58(92)76-44(59(93)94)33-102-101-32-39-26-65-38(31-78)25-66-39)75-49(83)30-71-57(91)42(13-15-51(86)87)74-48(82)29-70-56(90)41(12-14-50(84)85)73-47(81)28-68-45(79)3-2-17-63-55(89)35-6-8-36(9-7-35)64-23-37-24-69-54(77-62)52(72-37)53(61)88/h6-9,24-26,31,34,40-44,64H,2-5,10-23,27-30,32-33,62H2,1H3,(H2,61,88)(H,63,89)(H,67,80)(H,68,79)(H,69,77)(H,70,90)(H,71,91)(H,73,81)(H,74,82)(H,75,83)(H,76,92)(H,84,85)(H,86,87)(H,93,94)/t34?,40?,41-,42-,43-,44-/m0/s1. The highest BCUT2D eigenvalue weighted by molar-refractivity contribution is 8.76. The number of carboxylic acids is 3. The van der Waals surface area contributed by atoms with Crippen molar-refractivity contribution in [2.24, 2.45) is 17.5 Å². The molecule has 18 N–H and O–H groups in total. The van der Waals surface area contributed by atoms with E-state index in [2.05, 4.69) is 85.5 Å². The number of ether oxygens (including phenoxy) is 3. The number of carboxylic acid groups (broad SMARTS) is 3. The number of anilines is 2. The highest BCUT2D eigenvalue weighted by atomic mass is 33.1. The number of nitrogens with zero attached hydrogens (tertiary/aromatic N) is 4. The van der Waals surface area contributed by atoms with Crippen molar-refractivity contribution in [3.8, 4) is 0 Å². The van der Waals surface area contributed by atoms with E-state index in [4.69, 9.17) is 25.8 Å². The normalized spacial score (nSPS) is 14.2. The Labute approximate surface area is 599 Å². The zero-order valence-corrected chi connectivity index (χ0v) is 58.6. The number of benzene rings is 1. The monoisotopic (exact) mass is 1510 g/mol. The van der Waals surface area contributed by atoms with E-state index in [0.29, 0.717) is 35.0 Å². The summed E-state index contributed by atoms with van der Waals surface area (Å²) in [5.41, 5.74) is 9.24. The number of carbonyl (C=O) groups excluding carboxylic acids is 12. The first-order valence-electron chi connectivity index (χ1n) is 31.7. The van der Waals surface area contributed by atoms with E-state index in [9.17, 15) is 87.2 Å². The summed E-state index contributed by atoms with van der Waals surface area (Å²) in [5, 5.41) is 52.8. The molecule has 3 aromatic rings. The van der Waals surface area contributed by atoms with Gasteiger partial charge >= 0.3 is 24.1 Å². The fourth-order valence-electron chi connectivity index (χ4n) is 8.80. The molecule has 10 amide bonds. The fourth-order valence-corrected chi connectivity index (χ4v) is 12.7. The lowest BCUT2D eigenvalue weighted by Crippen LogP contribution is -2.58. The van der Waals surface area contributed by atoms with E-state index in [1.54, 1.807) is 12.1 Å². The van der Waals surface area contributed by atoms with Gasteiger partial charge in [0.1, 0.15) is 43.1 Å². The second-order valence-electron chi connectivity index (χ2n) is 22.2. The summed E-state index contributed by atoms with van der Waals surface area (Å²) in [6, 6.07) is -0.185. The van der Waals surface area contributed by atoms with Gasteiger partial charge in [0.05, 0.1) is 68.9 Å². The Morgan fingerprint density at radius 2 is 1.21 bits per heavy atom. The SMILES string of the molecule is CC1CCC(OCCOC(=O)OCCSSCCC(=O)NC[C@H](NC(=O)CNC(=O)[C@H](CCC(=O)O)NC(=O)CNC(=O)[C@H](CCC(=O)O)NC(=O)CNC(=O)CCCNC(=O)c2ccc(NCc3cnc(NN)c(C(N)=O)n3)cc2)C(=O)N[C@@H](CSSCc2cnc(C=O)cn2)C(=O)O)CC1. The zero-order chi connectivity index (χ0) is 74.8. The average Bonchev–Trinajstić information content (AvgIpc) is 0.852. The molecule has 1 aromatic carbocycles. The Morgan fingerprint density at radius 3 is 1.79 bits per heavy atom. The molecule has 1 aliphatic rings. The van der Waals surface area contributed by atoms with Crippen LogP contribution in [0, 0.1) is 5.92 Å². The van der Waals surface area contributed by atoms with E-state index in [1.807, 2.05) is 0 Å². The van der Waals surface area contributed by atoms with Crippen LogP contribution in [-0.2, 0) is 79.2 Å². The third-order valence-corrected chi connectivity index (χ3v) is 18.9. The molecule has 38 nitrogen and oxygen atoms in total. The van der Waals surface area contributed by atoms with Crippen LogP contribution in [0.4, 0.5) is 16.3 Å². The molecular formula is C60H83N17O21S4. The van der Waals surface area contributed by atoms with Crippen molar-refractivity contribution >= 4 is 144 Å². The molecular weight excluding hydrogens is 1420 g/mol. The number of hydrogen-bond acceptors (Lipinski definition) is 29. The highest BCUT2D eigenvalue weighted by Gasteiger charge is 2.30. The van der Waals surface area contributed by atoms with Gasteiger partial charge < -0.3 is 93.9 Å². The van der Waals surface area contributed by atoms with E-state index in [0.717, 1.165) is 47.3 Å². The topological polar surface area (TPSA) is 580 Å². The van der Waals surface area contributed by atoms with Crippen molar-refractivity contribution in [2.45, 2.75) is 120 Å². The van der Waals surface area contributed by atoms with Gasteiger partial charge in [-0.05, 0) is 75.1 Å². The zero-order valence-electron chi connectivity index (χ0n) is 55.3. The maximum absolute atomic E-state index is 13.7. The molecule has 2 heterocycles. The number of amides is 10. The smallest absolute Gasteiger partial charge is 0.481 e. The molecule has 4 rings (SSSR count). The number of rotatable bonds is 49. The van der Waals surface area contributed by atoms with E-state index in [1.165, 1.54) is 52.3 Å². The van der Waals surface area contributed by atoms with Crippen molar-refractivity contribution < 1.29 is 101 Å².